The summed E-state index contributed by atoms with van der Waals surface area (Å²) in [6.45, 7) is 4.31. The summed E-state index contributed by atoms with van der Waals surface area (Å²) in [6.07, 6.45) is 7.51. The Balaban J connectivity index is 1.08. The van der Waals surface area contributed by atoms with Crippen molar-refractivity contribution >= 4 is 40.5 Å². The SMILES string of the molecule is CN(CC(=N)CCCCCC1SCC2NC(=O)NC21)CC1OC(n2cnc3c(N)ncnc32)CC1OC(C)(C)O. The summed E-state index contributed by atoms with van der Waals surface area (Å²) in [5.41, 5.74) is 7.75. The Morgan fingerprint density at radius 1 is 1.32 bits per heavy atom. The molecule has 6 N–H and O–H groups in total. The van der Waals surface area contributed by atoms with E-state index in [1.165, 1.54) is 6.33 Å². The van der Waals surface area contributed by atoms with E-state index in [2.05, 4.69) is 30.5 Å². The van der Waals surface area contributed by atoms with Crippen LogP contribution < -0.4 is 16.4 Å². The molecule has 14 heteroatoms. The van der Waals surface area contributed by atoms with Crippen LogP contribution >= 0.6 is 11.8 Å². The fourth-order valence-electron chi connectivity index (χ4n) is 5.89. The van der Waals surface area contributed by atoms with E-state index in [1.807, 2.05) is 23.4 Å². The van der Waals surface area contributed by atoms with Crippen LogP contribution in [-0.2, 0) is 9.47 Å². The van der Waals surface area contributed by atoms with Crippen LogP contribution in [0, 0.1) is 5.41 Å². The molecular weight excluding hydrogens is 534 g/mol. The highest BCUT2D eigenvalue weighted by Gasteiger charge is 2.43. The molecule has 3 fully saturated rings. The monoisotopic (exact) mass is 575 g/mol. The lowest BCUT2D eigenvalue weighted by Gasteiger charge is -2.29. The topological polar surface area (TPSA) is 177 Å². The zero-order chi connectivity index (χ0) is 28.4. The standard InChI is InChI=1S/C26H41N9O4S/c1-26(2,37)39-17-9-20(35-14-31-22-23(28)29-13-30-24(22)35)38-18(17)11-34(3)10-15(27)7-5-4-6-8-19-21-16(12-40-19)32-25(36)33-21/h13-14,16-21,27,37H,4-12H2,1-3H3,(H2,28,29,30)(H2,32,33,36). The molecule has 220 valence electrons. The van der Waals surface area contributed by atoms with Crippen LogP contribution in [0.5, 0.6) is 0 Å². The molecule has 13 nitrogen and oxygen atoms in total. The number of fused-ring (bicyclic) bond motifs is 2. The lowest BCUT2D eigenvalue weighted by Crippen LogP contribution is -2.41. The molecule has 0 aliphatic carbocycles. The number of anilines is 1. The van der Waals surface area contributed by atoms with Crippen molar-refractivity contribution in [3.8, 4) is 0 Å². The Morgan fingerprint density at radius 2 is 2.15 bits per heavy atom. The van der Waals surface area contributed by atoms with E-state index in [9.17, 15) is 9.90 Å². The first-order valence-corrected chi connectivity index (χ1v) is 15.0. The average molecular weight is 576 g/mol. The first-order chi connectivity index (χ1) is 19.1. The van der Waals surface area contributed by atoms with Crippen LogP contribution in [0.15, 0.2) is 12.7 Å². The number of hydrogen-bond acceptors (Lipinski definition) is 11. The van der Waals surface area contributed by atoms with Gasteiger partial charge in [0, 0.05) is 36.2 Å². The third kappa shape index (κ3) is 6.85. The van der Waals surface area contributed by atoms with Gasteiger partial charge in [0.05, 0.1) is 30.6 Å². The highest BCUT2D eigenvalue weighted by Crippen LogP contribution is 2.35. The van der Waals surface area contributed by atoms with E-state index in [0.717, 1.165) is 37.9 Å². The molecule has 40 heavy (non-hydrogen) atoms. The molecule has 2 aromatic heterocycles. The third-order valence-corrected chi connectivity index (χ3v) is 9.18. The minimum absolute atomic E-state index is 0.0377. The summed E-state index contributed by atoms with van der Waals surface area (Å²) in [7, 11) is 1.98. The van der Waals surface area contributed by atoms with Crippen molar-refractivity contribution < 1.29 is 19.4 Å². The summed E-state index contributed by atoms with van der Waals surface area (Å²) in [6, 6.07) is 0.486. The molecule has 3 saturated heterocycles. The maximum Gasteiger partial charge on any atom is 0.315 e. The van der Waals surface area contributed by atoms with E-state index in [4.69, 9.17) is 20.6 Å². The summed E-state index contributed by atoms with van der Waals surface area (Å²) in [4.78, 5) is 26.3. The normalized spacial score (nSPS) is 28.3. The largest absolute Gasteiger partial charge is 0.382 e. The second-order valence-electron chi connectivity index (χ2n) is 11.6. The van der Waals surface area contributed by atoms with Crippen LogP contribution in [0.25, 0.3) is 11.2 Å². The van der Waals surface area contributed by atoms with Gasteiger partial charge in [-0.15, -0.1) is 0 Å². The van der Waals surface area contributed by atoms with E-state index in [1.54, 1.807) is 20.2 Å². The molecule has 2 aromatic rings. The van der Waals surface area contributed by atoms with Gasteiger partial charge >= 0.3 is 6.03 Å². The Hall–Kier alpha value is -2.52. The number of nitrogens with one attached hydrogen (secondary N) is 3. The number of amides is 2. The lowest BCUT2D eigenvalue weighted by molar-refractivity contribution is -0.215. The molecule has 3 aliphatic heterocycles. The van der Waals surface area contributed by atoms with E-state index < -0.39 is 5.79 Å². The molecule has 0 aromatic carbocycles. The van der Waals surface area contributed by atoms with E-state index >= 15 is 0 Å². The van der Waals surface area contributed by atoms with Gasteiger partial charge in [0.2, 0.25) is 0 Å². The van der Waals surface area contributed by atoms with Gasteiger partial charge in [-0.1, -0.05) is 12.8 Å². The second-order valence-corrected chi connectivity index (χ2v) is 12.8. The number of unbranched alkanes of at least 4 members (excludes halogenated alkanes) is 2. The van der Waals surface area contributed by atoms with E-state index in [0.29, 0.717) is 47.5 Å². The predicted octanol–water partition coefficient (Wildman–Crippen LogP) is 1.88. The fourth-order valence-corrected chi connectivity index (χ4v) is 7.43. The third-order valence-electron chi connectivity index (χ3n) is 7.68. The van der Waals surface area contributed by atoms with Crippen LogP contribution in [0.2, 0.25) is 0 Å². The fraction of sp³-hybridized carbons (Fsp3) is 0.731. The minimum Gasteiger partial charge on any atom is -0.382 e. The van der Waals surface area contributed by atoms with Crippen molar-refractivity contribution in [3.63, 3.8) is 0 Å². The van der Waals surface area contributed by atoms with Crippen LogP contribution in [0.4, 0.5) is 10.6 Å². The van der Waals surface area contributed by atoms with Gasteiger partial charge in [-0.05, 0) is 40.2 Å². The second kappa shape index (κ2) is 12.1. The summed E-state index contributed by atoms with van der Waals surface area (Å²) in [5.74, 6) is -0.0139. The number of carbonyl (C=O) groups is 1. The Kier molecular flexibility index (Phi) is 8.80. The smallest absolute Gasteiger partial charge is 0.315 e. The summed E-state index contributed by atoms with van der Waals surface area (Å²) in [5, 5.41) is 25.4. The zero-order valence-electron chi connectivity index (χ0n) is 23.4. The molecule has 0 radical (unpaired) electrons. The summed E-state index contributed by atoms with van der Waals surface area (Å²) >= 11 is 1.95. The number of hydrogen-bond donors (Lipinski definition) is 5. The summed E-state index contributed by atoms with van der Waals surface area (Å²) < 4.78 is 14.2. The molecular formula is C26H41N9O4S. The molecule has 5 rings (SSSR count). The first kappa shape index (κ1) is 29.0. The van der Waals surface area contributed by atoms with Crippen molar-refractivity contribution in [1.82, 2.24) is 35.1 Å². The molecule has 6 unspecified atom stereocenters. The van der Waals surface area contributed by atoms with Gasteiger partial charge in [0.1, 0.15) is 18.1 Å². The number of rotatable bonds is 13. The van der Waals surface area contributed by atoms with Crippen molar-refractivity contribution in [1.29, 1.82) is 5.41 Å². The average Bonchev–Trinajstić information content (AvgIpc) is 3.63. The molecule has 0 spiro atoms. The van der Waals surface area contributed by atoms with Crippen molar-refractivity contribution in [2.45, 2.75) is 93.9 Å². The van der Waals surface area contributed by atoms with Crippen LogP contribution in [0.3, 0.4) is 0 Å². The maximum atomic E-state index is 11.6. The number of urea groups is 1. The first-order valence-electron chi connectivity index (χ1n) is 14.0. The van der Waals surface area contributed by atoms with Gasteiger partial charge in [0.15, 0.2) is 17.3 Å². The van der Waals surface area contributed by atoms with Gasteiger partial charge in [-0.2, -0.15) is 11.8 Å². The van der Waals surface area contributed by atoms with Crippen molar-refractivity contribution in [3.05, 3.63) is 12.7 Å². The van der Waals surface area contributed by atoms with Crippen molar-refractivity contribution in [2.75, 3.05) is 31.6 Å². The van der Waals surface area contributed by atoms with Crippen LogP contribution in [0.1, 0.15) is 58.6 Å². The maximum absolute atomic E-state index is 11.6. The number of aliphatic hydroxyl groups is 1. The highest BCUT2D eigenvalue weighted by atomic mass is 32.2. The number of aromatic nitrogens is 4. The van der Waals surface area contributed by atoms with Gasteiger partial charge in [-0.3, -0.25) is 9.47 Å². The van der Waals surface area contributed by atoms with E-state index in [-0.39, 0.29) is 36.6 Å². The molecule has 2 amide bonds. The predicted molar refractivity (Wildman–Crippen MR) is 153 cm³/mol. The number of ether oxygens (including phenoxy) is 2. The highest BCUT2D eigenvalue weighted by molar-refractivity contribution is 8.00. The number of nitrogens with two attached hydrogens (primary N) is 1. The number of nitrogens with zero attached hydrogens (tertiary/aromatic N) is 5. The van der Waals surface area contributed by atoms with Crippen LogP contribution in [-0.4, -0.2) is 102 Å². The number of nitrogen functional groups attached to an aromatic ring is 1. The number of thioether (sulfide) groups is 1. The van der Waals surface area contributed by atoms with Crippen molar-refractivity contribution in [2.24, 2.45) is 0 Å². The lowest BCUT2D eigenvalue weighted by atomic mass is 10.0. The molecule has 0 saturated carbocycles. The Labute approximate surface area is 238 Å². The molecule has 3 aliphatic rings. The molecule has 6 atom stereocenters. The number of likely N-dealkylation sites (N-methyl/N-ethyl adjacent to an activating group) is 1. The molecule has 0 bridgehead atoms. The number of carbonyl (C=O) groups excluding carboxylic acids is 1. The van der Waals surface area contributed by atoms with Gasteiger partial charge < -0.3 is 36.4 Å². The minimum atomic E-state index is -1.31. The number of imidazole rings is 1. The Morgan fingerprint density at radius 3 is 2.95 bits per heavy atom. The quantitative estimate of drug-likeness (QED) is 0.103. The van der Waals surface area contributed by atoms with Gasteiger partial charge in [0.25, 0.3) is 0 Å². The van der Waals surface area contributed by atoms with Gasteiger partial charge in [-0.25, -0.2) is 19.7 Å². The Bertz CT molecular complexity index is 1200. The zero-order valence-corrected chi connectivity index (χ0v) is 24.2. The molecule has 5 heterocycles.